The van der Waals surface area contributed by atoms with Gasteiger partial charge in [0, 0.05) is 12.8 Å². The molecule has 0 aromatic rings. The molecular formula is C63H114N2O7P+. The van der Waals surface area contributed by atoms with Crippen molar-refractivity contribution in [2.45, 2.75) is 264 Å². The molecule has 0 aromatic carbocycles. The Kier molecular flexibility index (Phi) is 50.6. The van der Waals surface area contributed by atoms with Gasteiger partial charge in [0.2, 0.25) is 5.91 Å². The summed E-state index contributed by atoms with van der Waals surface area (Å²) in [7, 11) is 1.46. The van der Waals surface area contributed by atoms with E-state index in [0.717, 1.165) is 103 Å². The molecular weight excluding hydrogens is 928 g/mol. The topological polar surface area (TPSA) is 111 Å². The molecule has 0 fully saturated rings. The molecule has 0 aromatic heterocycles. The van der Waals surface area contributed by atoms with Crippen molar-refractivity contribution in [2.24, 2.45) is 0 Å². The molecule has 0 spiro atoms. The molecule has 10 heteroatoms. The lowest BCUT2D eigenvalue weighted by Crippen LogP contribution is -2.47. The average molecular weight is 1040 g/mol. The second-order valence-electron chi connectivity index (χ2n) is 21.1. The summed E-state index contributed by atoms with van der Waals surface area (Å²) in [6, 6.07) is -0.870. The summed E-state index contributed by atoms with van der Waals surface area (Å²) in [6.07, 6.45) is 68.6. The van der Waals surface area contributed by atoms with Crippen LogP contribution in [0.3, 0.4) is 0 Å². The summed E-state index contributed by atoms with van der Waals surface area (Å²) in [4.78, 5) is 37.6. The van der Waals surface area contributed by atoms with Gasteiger partial charge in [0.25, 0.3) is 0 Å². The van der Waals surface area contributed by atoms with Crippen molar-refractivity contribution in [1.29, 1.82) is 0 Å². The van der Waals surface area contributed by atoms with Crippen molar-refractivity contribution in [2.75, 3.05) is 40.9 Å². The fourth-order valence-electron chi connectivity index (χ4n) is 8.20. The predicted octanol–water partition coefficient (Wildman–Crippen LogP) is 18.2. The van der Waals surface area contributed by atoms with E-state index in [1.54, 1.807) is 0 Å². The number of hydrogen-bond acceptors (Lipinski definition) is 6. The highest BCUT2D eigenvalue weighted by atomic mass is 31.2. The van der Waals surface area contributed by atoms with Crippen LogP contribution in [-0.2, 0) is 27.9 Å². The number of phosphoric acid groups is 1. The number of carbonyl (C=O) groups is 2. The van der Waals surface area contributed by atoms with Crippen molar-refractivity contribution in [3.05, 3.63) is 85.1 Å². The minimum absolute atomic E-state index is 0.0297. The third-order valence-electron chi connectivity index (χ3n) is 12.8. The van der Waals surface area contributed by atoms with Gasteiger partial charge in [-0.3, -0.25) is 18.6 Å². The van der Waals surface area contributed by atoms with Gasteiger partial charge in [-0.05, 0) is 102 Å². The monoisotopic (exact) mass is 1040 g/mol. The number of rotatable bonds is 53. The molecule has 9 nitrogen and oxygen atoms in total. The van der Waals surface area contributed by atoms with E-state index >= 15 is 0 Å². The fourth-order valence-corrected chi connectivity index (χ4v) is 8.93. The number of unbranched alkanes of at least 4 members (excludes halogenated alkanes) is 25. The molecule has 0 aliphatic carbocycles. The third kappa shape index (κ3) is 53.8. The van der Waals surface area contributed by atoms with Crippen LogP contribution in [0.1, 0.15) is 252 Å². The minimum Gasteiger partial charge on any atom is -0.456 e. The van der Waals surface area contributed by atoms with Crippen LogP contribution in [0, 0.1) is 0 Å². The zero-order valence-corrected chi connectivity index (χ0v) is 49.0. The van der Waals surface area contributed by atoms with Gasteiger partial charge in [0.05, 0.1) is 33.8 Å². The van der Waals surface area contributed by atoms with Crippen LogP contribution in [0.2, 0.25) is 0 Å². The van der Waals surface area contributed by atoms with Gasteiger partial charge in [-0.1, -0.05) is 222 Å². The number of esters is 1. The lowest BCUT2D eigenvalue weighted by Gasteiger charge is -2.27. The smallest absolute Gasteiger partial charge is 0.456 e. The Labute approximate surface area is 450 Å². The van der Waals surface area contributed by atoms with Crippen molar-refractivity contribution in [3.8, 4) is 0 Å². The van der Waals surface area contributed by atoms with Gasteiger partial charge < -0.3 is 19.4 Å². The number of ether oxygens (including phenoxy) is 1. The van der Waals surface area contributed by atoms with Crippen molar-refractivity contribution in [3.63, 3.8) is 0 Å². The molecule has 0 bridgehead atoms. The standard InChI is InChI=1S/C63H113N2O7P/c1-7-10-13-16-19-22-25-28-30-32-33-34-36-38-41-44-47-50-53-56-63(67)72-61(54-51-48-45-42-39-27-24-21-18-15-12-9-3)60(59-71-73(68,69)70-58-57-65(4,5)6)64-62(66)55-52-49-46-43-40-37-35-31-29-26-23-20-17-14-11-8-2/h11,14,19-20,22-23,28-31,37,40,51,54,60-61H,7-10,12-13,15-18,21,24-27,32-36,38-39,41-50,52-53,55-59H2,1-6H3,(H-,64,66,68,69)/p+1/b14-11+,22-19-,23-20+,30-28-,31-29+,40-37+,54-51+. The van der Waals surface area contributed by atoms with Crippen LogP contribution in [0.4, 0.5) is 0 Å². The van der Waals surface area contributed by atoms with Gasteiger partial charge >= 0.3 is 13.8 Å². The van der Waals surface area contributed by atoms with Crippen LogP contribution in [0.25, 0.3) is 0 Å². The Hall–Kier alpha value is -2.81. The lowest BCUT2D eigenvalue weighted by molar-refractivity contribution is -0.870. The fraction of sp³-hybridized carbons (Fsp3) is 0.746. The maximum absolute atomic E-state index is 13.5. The number of likely N-dealkylation sites (N-methyl/N-ethyl adjacent to an activating group) is 1. The van der Waals surface area contributed by atoms with Gasteiger partial charge in [0.15, 0.2) is 0 Å². The van der Waals surface area contributed by atoms with Crippen molar-refractivity contribution < 1.29 is 37.3 Å². The molecule has 2 N–H and O–H groups in total. The van der Waals surface area contributed by atoms with Crippen LogP contribution in [-0.4, -0.2) is 74.3 Å². The molecule has 1 amide bonds. The van der Waals surface area contributed by atoms with E-state index in [0.29, 0.717) is 23.9 Å². The van der Waals surface area contributed by atoms with Crippen LogP contribution < -0.4 is 5.32 Å². The second kappa shape index (κ2) is 52.6. The summed E-state index contributed by atoms with van der Waals surface area (Å²) in [5.74, 6) is -0.548. The Bertz CT molecular complexity index is 1530. The second-order valence-corrected chi connectivity index (χ2v) is 22.6. The minimum atomic E-state index is -4.46. The van der Waals surface area contributed by atoms with E-state index in [4.69, 9.17) is 13.8 Å². The molecule has 0 rings (SSSR count). The lowest BCUT2D eigenvalue weighted by atomic mass is 10.0. The molecule has 0 radical (unpaired) electrons. The molecule has 0 aliphatic heterocycles. The van der Waals surface area contributed by atoms with Crippen LogP contribution >= 0.6 is 7.82 Å². The Morgan fingerprint density at radius 2 is 0.877 bits per heavy atom. The van der Waals surface area contributed by atoms with Crippen molar-refractivity contribution in [1.82, 2.24) is 5.32 Å². The molecule has 3 atom stereocenters. The van der Waals surface area contributed by atoms with Gasteiger partial charge in [-0.2, -0.15) is 0 Å². The van der Waals surface area contributed by atoms with Gasteiger partial charge in [-0.25, -0.2) is 4.57 Å². The van der Waals surface area contributed by atoms with E-state index in [9.17, 15) is 19.0 Å². The highest BCUT2D eigenvalue weighted by Gasteiger charge is 2.30. The van der Waals surface area contributed by atoms with E-state index in [1.807, 2.05) is 33.3 Å². The third-order valence-corrected chi connectivity index (χ3v) is 13.8. The number of allylic oxidation sites excluding steroid dienone is 13. The van der Waals surface area contributed by atoms with Crippen LogP contribution in [0.15, 0.2) is 85.1 Å². The quantitative estimate of drug-likeness (QED) is 0.0205. The molecule has 73 heavy (non-hydrogen) atoms. The number of quaternary nitrogens is 1. The summed E-state index contributed by atoms with van der Waals surface area (Å²) >= 11 is 0. The first-order chi connectivity index (χ1) is 35.4. The zero-order chi connectivity index (χ0) is 53.6. The Morgan fingerprint density at radius 3 is 1.36 bits per heavy atom. The SMILES string of the molecule is CC/C=C/C/C=C/C/C=C/C/C=C/CCCCCC(=O)NC(COP(=O)(O)OCC[N+](C)(C)C)C(/C=C/CCCCCCCCCCCC)OC(=O)CCCCCCCCCCC/C=C\C/C=C\CCCCC. The van der Waals surface area contributed by atoms with Crippen molar-refractivity contribution >= 4 is 19.7 Å². The van der Waals surface area contributed by atoms with E-state index in [-0.39, 0.29) is 31.5 Å². The largest absolute Gasteiger partial charge is 0.472 e. The number of nitrogens with zero attached hydrogens (tertiary/aromatic N) is 1. The van der Waals surface area contributed by atoms with Crippen LogP contribution in [0.5, 0.6) is 0 Å². The highest BCUT2D eigenvalue weighted by molar-refractivity contribution is 7.47. The molecule has 3 unspecified atom stereocenters. The van der Waals surface area contributed by atoms with Gasteiger partial charge in [0.1, 0.15) is 19.3 Å². The summed E-state index contributed by atoms with van der Waals surface area (Å²) in [5, 5.41) is 3.03. The molecule has 0 saturated heterocycles. The molecule has 0 saturated carbocycles. The number of nitrogens with one attached hydrogen (secondary N) is 1. The first kappa shape index (κ1) is 70.2. The van der Waals surface area contributed by atoms with Gasteiger partial charge in [-0.15, -0.1) is 0 Å². The summed E-state index contributed by atoms with van der Waals surface area (Å²) < 4.78 is 30.6. The number of hydrogen-bond donors (Lipinski definition) is 2. The first-order valence-corrected chi connectivity index (χ1v) is 31.4. The summed E-state index contributed by atoms with van der Waals surface area (Å²) in [6.45, 7) is 6.84. The maximum atomic E-state index is 13.5. The number of phosphoric ester groups is 1. The molecule has 0 aliphatic rings. The zero-order valence-electron chi connectivity index (χ0n) is 48.1. The number of amides is 1. The predicted molar refractivity (Wildman–Crippen MR) is 314 cm³/mol. The highest BCUT2D eigenvalue weighted by Crippen LogP contribution is 2.43. The Morgan fingerprint density at radius 1 is 0.493 bits per heavy atom. The average Bonchev–Trinajstić information content (AvgIpc) is 3.35. The number of carbonyl (C=O) groups excluding carboxylic acids is 2. The Balaban J connectivity index is 5.35. The molecule has 0 heterocycles. The molecule has 422 valence electrons. The maximum Gasteiger partial charge on any atom is 0.472 e. The van der Waals surface area contributed by atoms with E-state index < -0.39 is 20.0 Å². The van der Waals surface area contributed by atoms with E-state index in [2.05, 4.69) is 99.0 Å². The summed E-state index contributed by atoms with van der Waals surface area (Å²) in [5.41, 5.74) is 0. The normalized spacial score (nSPS) is 14.3. The van der Waals surface area contributed by atoms with E-state index in [1.165, 1.54) is 109 Å². The first-order valence-electron chi connectivity index (χ1n) is 29.9.